The van der Waals surface area contributed by atoms with Gasteiger partial charge in [-0.05, 0) is 42.7 Å². The van der Waals surface area contributed by atoms with Gasteiger partial charge in [0.25, 0.3) is 5.91 Å². The van der Waals surface area contributed by atoms with Crippen molar-refractivity contribution in [2.45, 2.75) is 32.9 Å². The second kappa shape index (κ2) is 9.23. The fourth-order valence-electron chi connectivity index (χ4n) is 3.01. The minimum atomic E-state index is -0.685. The van der Waals surface area contributed by atoms with E-state index in [1.807, 2.05) is 48.8 Å². The topological polar surface area (TPSA) is 81.9 Å². The molecule has 0 saturated heterocycles. The number of carbonyl (C=O) groups excluding carboxylic acids is 2. The number of pyridine rings is 1. The number of carbonyl (C=O) groups is 2. The average Bonchev–Trinajstić information content (AvgIpc) is 3.14. The van der Waals surface area contributed by atoms with Gasteiger partial charge in [0.1, 0.15) is 24.0 Å². The summed E-state index contributed by atoms with van der Waals surface area (Å²) in [5.74, 6) is -0.0155. The first kappa shape index (κ1) is 20.4. The molecule has 0 aliphatic heterocycles. The number of amides is 1. The quantitative estimate of drug-likeness (QED) is 0.592. The van der Waals surface area contributed by atoms with Gasteiger partial charge in [-0.15, -0.1) is 0 Å². The van der Waals surface area contributed by atoms with Gasteiger partial charge in [0, 0.05) is 18.0 Å². The lowest BCUT2D eigenvalue weighted by atomic mass is 10.0. The molecule has 2 aromatic heterocycles. The average molecular weight is 395 g/mol. The van der Waals surface area contributed by atoms with E-state index in [1.165, 1.54) is 7.11 Å². The van der Waals surface area contributed by atoms with Gasteiger partial charge in [0.15, 0.2) is 0 Å². The molecule has 152 valence electrons. The van der Waals surface area contributed by atoms with Crippen LogP contribution in [0.1, 0.15) is 36.3 Å². The Labute approximate surface area is 169 Å². The lowest BCUT2D eigenvalue weighted by Crippen LogP contribution is -2.42. The van der Waals surface area contributed by atoms with E-state index >= 15 is 0 Å². The number of methoxy groups -OCH3 is 1. The zero-order valence-corrected chi connectivity index (χ0v) is 16.8. The van der Waals surface area contributed by atoms with Crippen LogP contribution in [0, 0.1) is 5.92 Å². The van der Waals surface area contributed by atoms with Gasteiger partial charge in [-0.2, -0.15) is 0 Å². The van der Waals surface area contributed by atoms with Crippen LogP contribution in [0.15, 0.2) is 54.9 Å². The van der Waals surface area contributed by atoms with E-state index in [2.05, 4.69) is 10.3 Å². The number of esters is 1. The first-order valence-corrected chi connectivity index (χ1v) is 9.50. The molecule has 3 rings (SSSR count). The van der Waals surface area contributed by atoms with Crippen LogP contribution in [0.4, 0.5) is 0 Å². The number of nitrogens with zero attached hydrogens (tertiary/aromatic N) is 2. The Hall–Kier alpha value is -3.35. The number of rotatable bonds is 8. The van der Waals surface area contributed by atoms with E-state index in [9.17, 15) is 9.59 Å². The Morgan fingerprint density at radius 3 is 2.72 bits per heavy atom. The highest BCUT2D eigenvalue weighted by atomic mass is 16.5. The highest BCUT2D eigenvalue weighted by Crippen LogP contribution is 2.16. The highest BCUT2D eigenvalue weighted by Gasteiger charge is 2.23. The molecule has 0 bridgehead atoms. The number of hydrogen-bond acceptors (Lipinski definition) is 5. The Balaban J connectivity index is 1.66. The van der Waals surface area contributed by atoms with E-state index in [1.54, 1.807) is 24.3 Å². The zero-order valence-electron chi connectivity index (χ0n) is 16.8. The number of benzene rings is 1. The largest absolute Gasteiger partial charge is 0.487 e. The summed E-state index contributed by atoms with van der Waals surface area (Å²) in [5.41, 5.74) is 2.04. The lowest BCUT2D eigenvalue weighted by molar-refractivity contribution is -0.143. The molecule has 7 heteroatoms. The molecule has 1 aromatic carbocycles. The van der Waals surface area contributed by atoms with Crippen LogP contribution < -0.4 is 10.1 Å². The van der Waals surface area contributed by atoms with Crippen molar-refractivity contribution in [3.8, 4) is 5.75 Å². The Morgan fingerprint density at radius 1 is 1.17 bits per heavy atom. The molecule has 0 fully saturated rings. The van der Waals surface area contributed by atoms with Gasteiger partial charge in [-0.3, -0.25) is 4.79 Å². The van der Waals surface area contributed by atoms with Crippen LogP contribution in [-0.2, 0) is 16.1 Å². The first-order valence-electron chi connectivity index (χ1n) is 9.50. The van der Waals surface area contributed by atoms with Crippen molar-refractivity contribution in [3.05, 3.63) is 66.1 Å². The molecule has 0 aliphatic carbocycles. The fourth-order valence-corrected chi connectivity index (χ4v) is 3.01. The molecular weight excluding hydrogens is 370 g/mol. The maximum Gasteiger partial charge on any atom is 0.328 e. The summed E-state index contributed by atoms with van der Waals surface area (Å²) in [4.78, 5) is 29.0. The van der Waals surface area contributed by atoms with Crippen molar-refractivity contribution in [2.75, 3.05) is 7.11 Å². The third kappa shape index (κ3) is 5.34. The minimum absolute atomic E-state index is 0.236. The van der Waals surface area contributed by atoms with Gasteiger partial charge < -0.3 is 19.2 Å². The normalized spacial score (nSPS) is 12.0. The fraction of sp³-hybridized carbons (Fsp3) is 0.318. The van der Waals surface area contributed by atoms with Gasteiger partial charge in [-0.1, -0.05) is 26.0 Å². The van der Waals surface area contributed by atoms with Crippen LogP contribution >= 0.6 is 0 Å². The molecule has 1 N–H and O–H groups in total. The van der Waals surface area contributed by atoms with Crippen LogP contribution in [-0.4, -0.2) is 34.4 Å². The second-order valence-corrected chi connectivity index (χ2v) is 7.19. The lowest BCUT2D eigenvalue weighted by Gasteiger charge is -2.18. The van der Waals surface area contributed by atoms with Crippen LogP contribution in [0.2, 0.25) is 0 Å². The van der Waals surface area contributed by atoms with Crippen LogP contribution in [0.5, 0.6) is 5.75 Å². The van der Waals surface area contributed by atoms with Gasteiger partial charge in [-0.25, -0.2) is 9.78 Å². The molecule has 1 amide bonds. The van der Waals surface area contributed by atoms with E-state index in [-0.39, 0.29) is 18.4 Å². The number of aromatic nitrogens is 2. The maximum absolute atomic E-state index is 12.6. The smallest absolute Gasteiger partial charge is 0.328 e. The molecule has 0 aliphatic rings. The monoisotopic (exact) mass is 395 g/mol. The standard InChI is InChI=1S/C22H25N3O4/c1-15(2)11-19(22(27)28-3)24-21(26)16-7-6-8-18(12-16)29-14-17-13-25-10-5-4-9-20(25)23-17/h4-10,12-13,15,19H,11,14H2,1-3H3,(H,24,26). The Bertz CT molecular complexity index is 963. The van der Waals surface area contributed by atoms with E-state index in [0.717, 1.165) is 11.3 Å². The number of imidazole rings is 1. The highest BCUT2D eigenvalue weighted by molar-refractivity contribution is 5.97. The number of nitrogens with one attached hydrogen (secondary N) is 1. The van der Waals surface area contributed by atoms with E-state index < -0.39 is 12.0 Å². The van der Waals surface area contributed by atoms with Gasteiger partial charge in [0.2, 0.25) is 0 Å². The predicted octanol–water partition coefficient (Wildman–Crippen LogP) is 3.23. The zero-order chi connectivity index (χ0) is 20.8. The summed E-state index contributed by atoms with van der Waals surface area (Å²) < 4.78 is 12.5. The molecule has 0 radical (unpaired) electrons. The van der Waals surface area contributed by atoms with Crippen LogP contribution in [0.3, 0.4) is 0 Å². The SMILES string of the molecule is COC(=O)C(CC(C)C)NC(=O)c1cccc(OCc2cn3ccccc3n2)c1. The van der Waals surface area contributed by atoms with Crippen molar-refractivity contribution in [3.63, 3.8) is 0 Å². The second-order valence-electron chi connectivity index (χ2n) is 7.19. The maximum atomic E-state index is 12.6. The van der Waals surface area contributed by atoms with Gasteiger partial charge in [0.05, 0.1) is 12.8 Å². The number of ether oxygens (including phenoxy) is 2. The van der Waals surface area contributed by atoms with E-state index in [4.69, 9.17) is 9.47 Å². The third-order valence-electron chi connectivity index (χ3n) is 4.39. The summed E-state index contributed by atoms with van der Waals surface area (Å²) in [7, 11) is 1.32. The Kier molecular flexibility index (Phi) is 6.49. The van der Waals surface area contributed by atoms with Crippen molar-refractivity contribution >= 4 is 17.5 Å². The molecule has 0 spiro atoms. The third-order valence-corrected chi connectivity index (χ3v) is 4.39. The number of fused-ring (bicyclic) bond motifs is 1. The Morgan fingerprint density at radius 2 is 2.00 bits per heavy atom. The summed E-state index contributed by atoms with van der Waals surface area (Å²) in [6.07, 6.45) is 4.33. The minimum Gasteiger partial charge on any atom is -0.487 e. The molecule has 7 nitrogen and oxygen atoms in total. The first-order chi connectivity index (χ1) is 14.0. The summed E-state index contributed by atoms with van der Waals surface area (Å²) >= 11 is 0. The molecule has 3 aromatic rings. The molecule has 0 saturated carbocycles. The van der Waals surface area contributed by atoms with Crippen LogP contribution in [0.25, 0.3) is 5.65 Å². The molecule has 1 atom stereocenters. The predicted molar refractivity (Wildman–Crippen MR) is 109 cm³/mol. The summed E-state index contributed by atoms with van der Waals surface area (Å²) in [6.45, 7) is 4.25. The van der Waals surface area contributed by atoms with Gasteiger partial charge >= 0.3 is 5.97 Å². The summed E-state index contributed by atoms with van der Waals surface area (Å²) in [5, 5.41) is 2.75. The molecular formula is C22H25N3O4. The van der Waals surface area contributed by atoms with Crippen molar-refractivity contribution in [1.29, 1.82) is 0 Å². The molecule has 1 unspecified atom stereocenters. The number of hydrogen-bond donors (Lipinski definition) is 1. The van der Waals surface area contributed by atoms with Crippen molar-refractivity contribution in [2.24, 2.45) is 5.92 Å². The molecule has 29 heavy (non-hydrogen) atoms. The molecule has 2 heterocycles. The van der Waals surface area contributed by atoms with Crippen molar-refractivity contribution < 1.29 is 19.1 Å². The van der Waals surface area contributed by atoms with E-state index in [0.29, 0.717) is 17.7 Å². The summed E-state index contributed by atoms with van der Waals surface area (Å²) in [6, 6.07) is 11.9. The van der Waals surface area contributed by atoms with Crippen molar-refractivity contribution in [1.82, 2.24) is 14.7 Å².